The van der Waals surface area contributed by atoms with Crippen molar-refractivity contribution < 1.29 is 9.53 Å². The lowest BCUT2D eigenvalue weighted by molar-refractivity contribution is -0.138. The molecule has 0 aliphatic heterocycles. The van der Waals surface area contributed by atoms with Crippen LogP contribution in [0.25, 0.3) is 0 Å². The number of hydrogen-bond donors (Lipinski definition) is 1. The van der Waals surface area contributed by atoms with Gasteiger partial charge in [0.15, 0.2) is 5.57 Å². The van der Waals surface area contributed by atoms with Crippen molar-refractivity contribution >= 4 is 17.6 Å². The molecule has 126 valence electrons. The molecule has 0 aromatic heterocycles. The van der Waals surface area contributed by atoms with Crippen molar-refractivity contribution in [2.45, 2.75) is 13.8 Å². The fourth-order valence-corrected chi connectivity index (χ4v) is 1.58. The monoisotopic (exact) mass is 327 g/mol. The van der Waals surface area contributed by atoms with Gasteiger partial charge in [-0.2, -0.15) is 10.4 Å². The normalized spacial score (nSPS) is 12.4. The third-order valence-electron chi connectivity index (χ3n) is 2.87. The lowest BCUT2D eigenvalue weighted by Gasteiger charge is -2.14. The molecule has 24 heavy (non-hydrogen) atoms. The second-order valence-corrected chi connectivity index (χ2v) is 4.90. The maximum absolute atomic E-state index is 11.6. The molecule has 0 aliphatic rings. The summed E-state index contributed by atoms with van der Waals surface area (Å²) in [6.45, 7) is 3.73. The number of nitriles is 1. The number of rotatable bonds is 5. The van der Waals surface area contributed by atoms with Crippen LogP contribution in [0, 0.1) is 11.3 Å². The number of benzene rings is 1. The van der Waals surface area contributed by atoms with Crippen molar-refractivity contribution in [3.05, 3.63) is 47.7 Å². The van der Waals surface area contributed by atoms with E-state index in [4.69, 9.17) is 10.00 Å². The molecule has 0 fully saturated rings. The Labute approximate surface area is 141 Å². The van der Waals surface area contributed by atoms with Crippen LogP contribution in [0.3, 0.4) is 0 Å². The first-order chi connectivity index (χ1) is 11.5. The summed E-state index contributed by atoms with van der Waals surface area (Å²) in [6.07, 6.45) is 1.16. The molecule has 1 N–H and O–H groups in total. The number of carbonyl (C=O) groups is 1. The molecule has 7 heteroatoms. The number of guanidine groups is 1. The van der Waals surface area contributed by atoms with Crippen molar-refractivity contribution in [2.75, 3.05) is 20.7 Å². The van der Waals surface area contributed by atoms with Crippen LogP contribution < -0.4 is 5.43 Å². The SMILES string of the molecule is CCOC(=O)/C(C#N)=C\N=C(N/N=C(\C)c1ccccc1)N(C)C. The Balaban J connectivity index is 2.95. The van der Waals surface area contributed by atoms with Gasteiger partial charge in [0.2, 0.25) is 5.96 Å². The van der Waals surface area contributed by atoms with E-state index in [1.165, 1.54) is 0 Å². The molecule has 0 bridgehead atoms. The number of carbonyl (C=O) groups excluding carboxylic acids is 1. The van der Waals surface area contributed by atoms with E-state index in [-0.39, 0.29) is 12.2 Å². The molecule has 0 aliphatic carbocycles. The Morgan fingerprint density at radius 3 is 2.58 bits per heavy atom. The molecule has 0 unspecified atom stereocenters. The van der Waals surface area contributed by atoms with Crippen LogP contribution in [-0.4, -0.2) is 43.2 Å². The zero-order valence-electron chi connectivity index (χ0n) is 14.3. The second-order valence-electron chi connectivity index (χ2n) is 4.90. The highest BCUT2D eigenvalue weighted by molar-refractivity contribution is 5.99. The standard InChI is InChI=1S/C17H21N5O2/c1-5-24-16(23)15(11-18)12-19-17(22(3)4)21-20-13(2)14-9-7-6-8-10-14/h6-10,12H,5H2,1-4H3,(H,19,21)/b15-12-,20-13+. The highest BCUT2D eigenvalue weighted by Crippen LogP contribution is 2.01. The molecule has 0 saturated carbocycles. The van der Waals surface area contributed by atoms with Gasteiger partial charge in [0, 0.05) is 14.1 Å². The number of hydrazone groups is 1. The molecule has 1 rings (SSSR count). The number of aliphatic imine (C=N–C) groups is 1. The zero-order chi connectivity index (χ0) is 17.9. The quantitative estimate of drug-likeness (QED) is 0.223. The van der Waals surface area contributed by atoms with Crippen LogP contribution in [0.15, 0.2) is 52.2 Å². The highest BCUT2D eigenvalue weighted by atomic mass is 16.5. The van der Waals surface area contributed by atoms with E-state index in [1.807, 2.05) is 37.3 Å². The summed E-state index contributed by atoms with van der Waals surface area (Å²) in [5, 5.41) is 13.3. The first-order valence-corrected chi connectivity index (χ1v) is 7.37. The van der Waals surface area contributed by atoms with Crippen LogP contribution >= 0.6 is 0 Å². The van der Waals surface area contributed by atoms with E-state index in [1.54, 1.807) is 32.0 Å². The average molecular weight is 327 g/mol. The number of nitrogens with zero attached hydrogens (tertiary/aromatic N) is 4. The topological polar surface area (TPSA) is 90.1 Å². The van der Waals surface area contributed by atoms with Gasteiger partial charge in [-0.1, -0.05) is 30.3 Å². The van der Waals surface area contributed by atoms with Crippen LogP contribution in [0.5, 0.6) is 0 Å². The maximum Gasteiger partial charge on any atom is 0.350 e. The number of esters is 1. The lowest BCUT2D eigenvalue weighted by atomic mass is 10.1. The fourth-order valence-electron chi connectivity index (χ4n) is 1.58. The molecule has 0 heterocycles. The highest BCUT2D eigenvalue weighted by Gasteiger charge is 2.09. The van der Waals surface area contributed by atoms with Gasteiger partial charge in [-0.05, 0) is 19.4 Å². The smallest absolute Gasteiger partial charge is 0.350 e. The third-order valence-corrected chi connectivity index (χ3v) is 2.87. The number of hydrogen-bond acceptors (Lipinski definition) is 5. The lowest BCUT2D eigenvalue weighted by Crippen LogP contribution is -2.33. The summed E-state index contributed by atoms with van der Waals surface area (Å²) >= 11 is 0. The molecule has 0 saturated heterocycles. The molecular weight excluding hydrogens is 306 g/mol. The predicted octanol–water partition coefficient (Wildman–Crippen LogP) is 1.89. The van der Waals surface area contributed by atoms with E-state index >= 15 is 0 Å². The summed E-state index contributed by atoms with van der Waals surface area (Å²) in [6, 6.07) is 11.4. The van der Waals surface area contributed by atoms with Crippen LogP contribution in [-0.2, 0) is 9.53 Å². The first kappa shape index (κ1) is 18.9. The van der Waals surface area contributed by atoms with Crippen LogP contribution in [0.1, 0.15) is 19.4 Å². The van der Waals surface area contributed by atoms with E-state index in [2.05, 4.69) is 15.5 Å². The minimum Gasteiger partial charge on any atom is -0.462 e. The molecule has 0 radical (unpaired) electrons. The summed E-state index contributed by atoms with van der Waals surface area (Å²) in [4.78, 5) is 17.3. The Morgan fingerprint density at radius 1 is 1.38 bits per heavy atom. The predicted molar refractivity (Wildman–Crippen MR) is 93.2 cm³/mol. The Morgan fingerprint density at radius 2 is 2.04 bits per heavy atom. The molecule has 0 atom stereocenters. The van der Waals surface area contributed by atoms with Crippen molar-refractivity contribution in [3.63, 3.8) is 0 Å². The minimum atomic E-state index is -0.703. The summed E-state index contributed by atoms with van der Waals surface area (Å²) in [5.41, 5.74) is 4.40. The summed E-state index contributed by atoms with van der Waals surface area (Å²) < 4.78 is 4.78. The van der Waals surface area contributed by atoms with Crippen LogP contribution in [0.2, 0.25) is 0 Å². The van der Waals surface area contributed by atoms with Crippen molar-refractivity contribution in [2.24, 2.45) is 10.1 Å². The van der Waals surface area contributed by atoms with Crippen molar-refractivity contribution in [1.29, 1.82) is 5.26 Å². The second kappa shape index (κ2) is 9.79. The van der Waals surface area contributed by atoms with Crippen molar-refractivity contribution in [1.82, 2.24) is 10.3 Å². The van der Waals surface area contributed by atoms with Crippen molar-refractivity contribution in [3.8, 4) is 6.07 Å². The van der Waals surface area contributed by atoms with Gasteiger partial charge >= 0.3 is 5.97 Å². The average Bonchev–Trinajstić information content (AvgIpc) is 2.58. The van der Waals surface area contributed by atoms with Gasteiger partial charge < -0.3 is 9.64 Å². The van der Waals surface area contributed by atoms with Gasteiger partial charge in [-0.15, -0.1) is 0 Å². The maximum atomic E-state index is 11.6. The molecule has 1 aromatic rings. The van der Waals surface area contributed by atoms with Gasteiger partial charge in [0.05, 0.1) is 18.5 Å². The fraction of sp³-hybridized carbons (Fsp3) is 0.294. The van der Waals surface area contributed by atoms with Crippen LogP contribution in [0.4, 0.5) is 0 Å². The largest absolute Gasteiger partial charge is 0.462 e. The third kappa shape index (κ3) is 5.93. The van der Waals surface area contributed by atoms with E-state index in [9.17, 15) is 4.79 Å². The Kier molecular flexibility index (Phi) is 7.71. The molecule has 0 amide bonds. The van der Waals surface area contributed by atoms with Gasteiger partial charge in [-0.3, -0.25) is 0 Å². The zero-order valence-corrected chi connectivity index (χ0v) is 14.3. The van der Waals surface area contributed by atoms with E-state index < -0.39 is 5.97 Å². The van der Waals surface area contributed by atoms with Gasteiger partial charge in [0.25, 0.3) is 0 Å². The van der Waals surface area contributed by atoms with Gasteiger partial charge in [0.1, 0.15) is 6.07 Å². The van der Waals surface area contributed by atoms with Gasteiger partial charge in [-0.25, -0.2) is 15.2 Å². The Bertz CT molecular complexity index is 685. The van der Waals surface area contributed by atoms with E-state index in [0.717, 1.165) is 17.5 Å². The summed E-state index contributed by atoms with van der Waals surface area (Å²) in [7, 11) is 3.53. The molecular formula is C17H21N5O2. The number of nitrogens with one attached hydrogen (secondary N) is 1. The van der Waals surface area contributed by atoms with E-state index in [0.29, 0.717) is 5.96 Å². The minimum absolute atomic E-state index is 0.179. The molecule has 7 nitrogen and oxygen atoms in total. The number of ether oxygens (including phenoxy) is 1. The summed E-state index contributed by atoms with van der Waals surface area (Å²) in [5.74, 6) is -0.326. The Hall–Kier alpha value is -3.14. The first-order valence-electron chi connectivity index (χ1n) is 7.37. The molecule has 1 aromatic carbocycles. The molecule has 0 spiro atoms.